The van der Waals surface area contributed by atoms with Crippen molar-refractivity contribution in [3.05, 3.63) is 57.0 Å². The lowest BCUT2D eigenvalue weighted by molar-refractivity contribution is -0.146. The van der Waals surface area contributed by atoms with Crippen LogP contribution in [-0.2, 0) is 16.1 Å². The van der Waals surface area contributed by atoms with Crippen LogP contribution in [0.15, 0.2) is 40.2 Å². The molecule has 1 atom stereocenters. The van der Waals surface area contributed by atoms with Gasteiger partial charge in [-0.1, -0.05) is 12.1 Å². The van der Waals surface area contributed by atoms with Crippen molar-refractivity contribution in [3.63, 3.8) is 0 Å². The highest BCUT2D eigenvalue weighted by atomic mass is 16.5. The minimum atomic E-state index is -0.739. The number of hydrogen-bond acceptors (Lipinski definition) is 5. The van der Waals surface area contributed by atoms with Gasteiger partial charge in [0.25, 0.3) is 5.56 Å². The summed E-state index contributed by atoms with van der Waals surface area (Å²) >= 11 is 0. The molecule has 0 saturated carbocycles. The van der Waals surface area contributed by atoms with Crippen molar-refractivity contribution in [1.82, 2.24) is 18.7 Å². The Bertz CT molecular complexity index is 1120. The summed E-state index contributed by atoms with van der Waals surface area (Å²) in [5, 5.41) is 0. The van der Waals surface area contributed by atoms with Gasteiger partial charge >= 0.3 is 11.7 Å². The van der Waals surface area contributed by atoms with Gasteiger partial charge in [0.1, 0.15) is 6.04 Å². The molecule has 2 heterocycles. The summed E-state index contributed by atoms with van der Waals surface area (Å²) in [6, 6.07) is 6.65. The number of carbonyl (C=O) groups excluding carboxylic acids is 1. The highest BCUT2D eigenvalue weighted by Crippen LogP contribution is 2.18. The maximum atomic E-state index is 12.9. The van der Waals surface area contributed by atoms with Crippen LogP contribution in [0.1, 0.15) is 32.4 Å². The standard InChI is InChI=1S/C19H22N4O4/c1-5-21-17(24)15-16(20-11-22(15)13(4)18(25)27-6-2)23(19(21)26)14-9-7-8-12(3)10-14/h7-11,13H,5-6H2,1-4H3/t13-/m0/s1. The lowest BCUT2D eigenvalue weighted by Gasteiger charge is -2.15. The third-order valence-electron chi connectivity index (χ3n) is 4.48. The average Bonchev–Trinajstić information content (AvgIpc) is 3.06. The molecule has 0 radical (unpaired) electrons. The molecule has 27 heavy (non-hydrogen) atoms. The van der Waals surface area contributed by atoms with Crippen LogP contribution in [-0.4, -0.2) is 31.3 Å². The molecular weight excluding hydrogens is 348 g/mol. The molecule has 0 amide bonds. The molecule has 1 aromatic carbocycles. The molecule has 3 rings (SSSR count). The van der Waals surface area contributed by atoms with E-state index in [1.54, 1.807) is 26.8 Å². The van der Waals surface area contributed by atoms with Gasteiger partial charge in [0.15, 0.2) is 11.2 Å². The number of carbonyl (C=O) groups is 1. The molecule has 0 spiro atoms. The lowest BCUT2D eigenvalue weighted by atomic mass is 10.2. The summed E-state index contributed by atoms with van der Waals surface area (Å²) < 4.78 is 9.07. The Morgan fingerprint density at radius 3 is 2.63 bits per heavy atom. The Hall–Kier alpha value is -3.16. The van der Waals surface area contributed by atoms with Crippen molar-refractivity contribution in [2.24, 2.45) is 0 Å². The fraction of sp³-hybridized carbons (Fsp3) is 0.368. The molecular formula is C19H22N4O4. The SMILES string of the molecule is CCOC(=O)[C@H](C)n1cnc2c1c(=O)n(CC)c(=O)n2-c1cccc(C)c1. The molecule has 0 N–H and O–H groups in total. The van der Waals surface area contributed by atoms with Crippen LogP contribution < -0.4 is 11.2 Å². The van der Waals surface area contributed by atoms with E-state index in [2.05, 4.69) is 4.98 Å². The molecule has 0 aliphatic rings. The number of hydrogen-bond donors (Lipinski definition) is 0. The first-order chi connectivity index (χ1) is 12.9. The Kier molecular flexibility index (Phi) is 4.98. The molecule has 0 aliphatic carbocycles. The summed E-state index contributed by atoms with van der Waals surface area (Å²) in [7, 11) is 0. The fourth-order valence-electron chi connectivity index (χ4n) is 3.10. The van der Waals surface area contributed by atoms with E-state index in [0.717, 1.165) is 10.1 Å². The lowest BCUT2D eigenvalue weighted by Crippen LogP contribution is -2.40. The van der Waals surface area contributed by atoms with Crippen molar-refractivity contribution in [2.75, 3.05) is 6.61 Å². The zero-order valence-electron chi connectivity index (χ0n) is 15.8. The van der Waals surface area contributed by atoms with Crippen LogP contribution in [0.3, 0.4) is 0 Å². The van der Waals surface area contributed by atoms with Crippen LogP contribution in [0.4, 0.5) is 0 Å². The molecule has 0 aliphatic heterocycles. The van der Waals surface area contributed by atoms with Crippen LogP contribution >= 0.6 is 0 Å². The smallest absolute Gasteiger partial charge is 0.337 e. The topological polar surface area (TPSA) is 88.1 Å². The molecule has 8 heteroatoms. The van der Waals surface area contributed by atoms with Crippen molar-refractivity contribution in [2.45, 2.75) is 40.3 Å². The second-order valence-corrected chi connectivity index (χ2v) is 6.26. The number of fused-ring (bicyclic) bond motifs is 1. The highest BCUT2D eigenvalue weighted by Gasteiger charge is 2.24. The number of aromatic nitrogens is 4. The summed E-state index contributed by atoms with van der Waals surface area (Å²) in [6.07, 6.45) is 1.40. The summed E-state index contributed by atoms with van der Waals surface area (Å²) in [4.78, 5) is 42.3. The van der Waals surface area contributed by atoms with E-state index in [1.807, 2.05) is 25.1 Å². The first-order valence-electron chi connectivity index (χ1n) is 8.86. The number of benzene rings is 1. The number of esters is 1. The van der Waals surface area contributed by atoms with Gasteiger partial charge in [-0.2, -0.15) is 0 Å². The number of ether oxygens (including phenoxy) is 1. The van der Waals surface area contributed by atoms with Gasteiger partial charge in [-0.05, 0) is 45.4 Å². The summed E-state index contributed by atoms with van der Waals surface area (Å²) in [5.74, 6) is -0.465. The third kappa shape index (κ3) is 3.07. The van der Waals surface area contributed by atoms with Gasteiger partial charge in [-0.3, -0.25) is 9.36 Å². The maximum absolute atomic E-state index is 12.9. The monoisotopic (exact) mass is 370 g/mol. The molecule has 0 unspecified atom stereocenters. The Balaban J connectivity index is 2.37. The van der Waals surface area contributed by atoms with Gasteiger partial charge in [0.05, 0.1) is 18.6 Å². The highest BCUT2D eigenvalue weighted by molar-refractivity contribution is 5.79. The van der Waals surface area contributed by atoms with E-state index >= 15 is 0 Å². The largest absolute Gasteiger partial charge is 0.464 e. The van der Waals surface area contributed by atoms with E-state index in [1.165, 1.54) is 15.5 Å². The average molecular weight is 370 g/mol. The van der Waals surface area contributed by atoms with Crippen LogP contribution in [0.25, 0.3) is 16.9 Å². The molecule has 142 valence electrons. The zero-order chi connectivity index (χ0) is 19.7. The normalized spacial score (nSPS) is 12.3. The number of nitrogens with zero attached hydrogens (tertiary/aromatic N) is 4. The predicted molar refractivity (Wildman–Crippen MR) is 101 cm³/mol. The first-order valence-corrected chi connectivity index (χ1v) is 8.86. The van der Waals surface area contributed by atoms with Crippen LogP contribution in [0.5, 0.6) is 0 Å². The van der Waals surface area contributed by atoms with Crippen LogP contribution in [0.2, 0.25) is 0 Å². The second kappa shape index (κ2) is 7.22. The number of aryl methyl sites for hydroxylation is 1. The molecule has 2 aromatic heterocycles. The predicted octanol–water partition coefficient (Wildman–Crippen LogP) is 1.80. The quantitative estimate of drug-likeness (QED) is 0.639. The van der Waals surface area contributed by atoms with Gasteiger partial charge in [-0.15, -0.1) is 0 Å². The second-order valence-electron chi connectivity index (χ2n) is 6.26. The Labute approximate surface area is 155 Å². The summed E-state index contributed by atoms with van der Waals surface area (Å²) in [5.41, 5.74) is 1.06. The number of rotatable bonds is 5. The van der Waals surface area contributed by atoms with Gasteiger partial charge in [0, 0.05) is 6.54 Å². The summed E-state index contributed by atoms with van der Waals surface area (Å²) in [6.45, 7) is 7.45. The molecule has 0 fully saturated rings. The minimum absolute atomic E-state index is 0.193. The maximum Gasteiger partial charge on any atom is 0.337 e. The van der Waals surface area contributed by atoms with Crippen LogP contribution in [0, 0.1) is 6.92 Å². The van der Waals surface area contributed by atoms with E-state index < -0.39 is 23.3 Å². The zero-order valence-corrected chi connectivity index (χ0v) is 15.8. The number of imidazole rings is 1. The van der Waals surface area contributed by atoms with E-state index in [4.69, 9.17) is 4.74 Å². The first kappa shape index (κ1) is 18.6. The van der Waals surface area contributed by atoms with Crippen molar-refractivity contribution in [3.8, 4) is 5.69 Å². The molecule has 3 aromatic rings. The van der Waals surface area contributed by atoms with Crippen molar-refractivity contribution >= 4 is 17.1 Å². The van der Waals surface area contributed by atoms with Gasteiger partial charge in [-0.25, -0.2) is 19.1 Å². The minimum Gasteiger partial charge on any atom is -0.464 e. The van der Waals surface area contributed by atoms with Gasteiger partial charge in [0.2, 0.25) is 0 Å². The van der Waals surface area contributed by atoms with E-state index in [0.29, 0.717) is 5.69 Å². The molecule has 8 nitrogen and oxygen atoms in total. The molecule has 0 saturated heterocycles. The van der Waals surface area contributed by atoms with Crippen molar-refractivity contribution < 1.29 is 9.53 Å². The van der Waals surface area contributed by atoms with E-state index in [9.17, 15) is 14.4 Å². The fourth-order valence-corrected chi connectivity index (χ4v) is 3.10. The van der Waals surface area contributed by atoms with Gasteiger partial charge < -0.3 is 9.30 Å². The Morgan fingerprint density at radius 2 is 2.00 bits per heavy atom. The van der Waals surface area contributed by atoms with Crippen molar-refractivity contribution in [1.29, 1.82) is 0 Å². The van der Waals surface area contributed by atoms with E-state index in [-0.39, 0.29) is 24.3 Å². The Morgan fingerprint density at radius 1 is 1.26 bits per heavy atom. The third-order valence-corrected chi connectivity index (χ3v) is 4.48. The molecule has 0 bridgehead atoms.